The molecule has 0 aromatic carbocycles. The van der Waals surface area contributed by atoms with Crippen molar-refractivity contribution >= 4 is 15.9 Å². The van der Waals surface area contributed by atoms with E-state index in [1.807, 2.05) is 20.8 Å². The fourth-order valence-electron chi connectivity index (χ4n) is 2.23. The molecule has 0 rings (SSSR count). The summed E-state index contributed by atoms with van der Waals surface area (Å²) in [5, 5.41) is 0. The van der Waals surface area contributed by atoms with E-state index in [-0.39, 0.29) is 11.3 Å². The molecular weight excluding hydrogens is 366 g/mol. The molecule has 0 aromatic rings. The lowest BCUT2D eigenvalue weighted by Gasteiger charge is -2.25. The van der Waals surface area contributed by atoms with Gasteiger partial charge < -0.3 is 23.8 Å². The van der Waals surface area contributed by atoms with Crippen molar-refractivity contribution < 1.29 is 23.7 Å². The monoisotopic (exact) mass is 409 g/mol. The number of carbonyl (C=O) groups excluding carboxylic acids is 1. The highest BCUT2D eigenvalue weighted by atomic mass is 32.3. The molecule has 6 nitrogen and oxygen atoms in total. The average molecular weight is 410 g/mol. The Labute approximate surface area is 168 Å². The zero-order valence-electron chi connectivity index (χ0n) is 18.7. The van der Waals surface area contributed by atoms with Crippen LogP contribution in [0.4, 0.5) is 0 Å². The van der Waals surface area contributed by atoms with Gasteiger partial charge in [0, 0.05) is 25.6 Å². The molecule has 0 radical (unpaired) electrons. The summed E-state index contributed by atoms with van der Waals surface area (Å²) in [7, 11) is 1.40. The third-order valence-electron chi connectivity index (χ3n) is 3.72. The Morgan fingerprint density at radius 2 is 1.19 bits per heavy atom. The second kappa shape index (κ2) is 14.6. The Balaban J connectivity index is 3.29. The predicted octanol–water partition coefficient (Wildman–Crippen LogP) is 2.64. The Bertz CT molecular complexity index is 380. The Morgan fingerprint density at radius 3 is 1.59 bits per heavy atom. The van der Waals surface area contributed by atoms with Crippen LogP contribution in [0.3, 0.4) is 0 Å². The van der Waals surface area contributed by atoms with Gasteiger partial charge in [0.05, 0.1) is 46.2 Å². The number of nitrogens with zero attached hydrogens (tertiary/aromatic N) is 1. The third-order valence-corrected chi connectivity index (χ3v) is 5.23. The molecule has 0 saturated carbocycles. The lowest BCUT2D eigenvalue weighted by atomic mass is 9.95. The summed E-state index contributed by atoms with van der Waals surface area (Å²) >= 11 is 0. The molecule has 0 N–H and O–H groups in total. The molecule has 0 fully saturated rings. The molecule has 1 amide bonds. The van der Waals surface area contributed by atoms with E-state index in [1.54, 1.807) is 11.9 Å². The minimum Gasteiger partial charge on any atom is -0.379 e. The summed E-state index contributed by atoms with van der Waals surface area (Å²) in [5.41, 5.74) is -0.351. The summed E-state index contributed by atoms with van der Waals surface area (Å²) in [4.78, 5) is 13.7. The smallest absolute Gasteiger partial charge is 0.227 e. The summed E-state index contributed by atoms with van der Waals surface area (Å²) in [6, 6.07) is 0. The molecular formula is C20H43NO5S. The largest absolute Gasteiger partial charge is 0.379 e. The van der Waals surface area contributed by atoms with Crippen molar-refractivity contribution in [3.63, 3.8) is 0 Å². The van der Waals surface area contributed by atoms with Gasteiger partial charge in [-0.2, -0.15) is 0 Å². The Kier molecular flexibility index (Phi) is 14.4. The second-order valence-corrected chi connectivity index (χ2v) is 13.2. The number of amides is 1. The molecule has 0 unspecified atom stereocenters. The average Bonchev–Trinajstić information content (AvgIpc) is 2.55. The molecule has 7 heteroatoms. The van der Waals surface area contributed by atoms with Gasteiger partial charge in [-0.1, -0.05) is 20.8 Å². The van der Waals surface area contributed by atoms with Crippen molar-refractivity contribution in [1.82, 2.24) is 4.90 Å². The van der Waals surface area contributed by atoms with E-state index in [0.29, 0.717) is 52.8 Å². The van der Waals surface area contributed by atoms with Crippen LogP contribution in [0, 0.1) is 5.41 Å². The third kappa shape index (κ3) is 17.5. The molecule has 0 aromatic heterocycles. The lowest BCUT2D eigenvalue weighted by molar-refractivity contribution is -0.138. The fraction of sp³-hybridized carbons (Fsp3) is 0.950. The maximum absolute atomic E-state index is 12.0. The van der Waals surface area contributed by atoms with Crippen molar-refractivity contribution in [2.24, 2.45) is 5.41 Å². The summed E-state index contributed by atoms with van der Waals surface area (Å²) in [6.07, 6.45) is 8.11. The molecule has 0 heterocycles. The second-order valence-electron chi connectivity index (χ2n) is 8.57. The number of hydrogen-bond acceptors (Lipinski definition) is 5. The number of rotatable bonds is 16. The van der Waals surface area contributed by atoms with Crippen LogP contribution in [0.15, 0.2) is 0 Å². The van der Waals surface area contributed by atoms with E-state index in [4.69, 9.17) is 18.9 Å². The minimum atomic E-state index is -0.410. The maximum atomic E-state index is 12.0. The van der Waals surface area contributed by atoms with E-state index in [1.165, 1.54) is 5.75 Å². The molecule has 0 bridgehead atoms. The van der Waals surface area contributed by atoms with E-state index >= 15 is 0 Å². The summed E-state index contributed by atoms with van der Waals surface area (Å²) in [6.45, 7) is 11.1. The molecule has 164 valence electrons. The van der Waals surface area contributed by atoms with Gasteiger partial charge in [0.1, 0.15) is 0 Å². The molecule has 0 atom stereocenters. The molecule has 0 aliphatic heterocycles. The Morgan fingerprint density at radius 1 is 0.778 bits per heavy atom. The first-order chi connectivity index (χ1) is 12.5. The number of hydrogen-bond donors (Lipinski definition) is 0. The first-order valence-corrected chi connectivity index (χ1v) is 12.8. The summed E-state index contributed by atoms with van der Waals surface area (Å²) < 4.78 is 22.0. The van der Waals surface area contributed by atoms with Crippen LogP contribution >= 0.6 is 10.0 Å². The molecule has 0 aliphatic carbocycles. The van der Waals surface area contributed by atoms with Gasteiger partial charge in [-0.25, -0.2) is 10.0 Å². The van der Waals surface area contributed by atoms with E-state index in [9.17, 15) is 4.79 Å². The highest BCUT2D eigenvalue weighted by molar-refractivity contribution is 8.32. The standard InChI is InChI=1S/C20H43NO5S/c1-20(2,3)19(22)21(4)9-11-24-13-15-26-17-16-25-14-12-23-10-8-18-27(5,6)7/h8-18H2,1-7H3. The summed E-state index contributed by atoms with van der Waals surface area (Å²) in [5.74, 6) is 1.38. The van der Waals surface area contributed by atoms with Crippen molar-refractivity contribution in [2.75, 3.05) is 91.0 Å². The minimum absolute atomic E-state index is 0.124. The van der Waals surface area contributed by atoms with Gasteiger partial charge in [-0.15, -0.1) is 0 Å². The first-order valence-electron chi connectivity index (χ1n) is 9.76. The van der Waals surface area contributed by atoms with Crippen LogP contribution in [-0.2, 0) is 23.7 Å². The highest BCUT2D eigenvalue weighted by Gasteiger charge is 2.24. The van der Waals surface area contributed by atoms with Gasteiger partial charge in [0.15, 0.2) is 0 Å². The van der Waals surface area contributed by atoms with Crippen LogP contribution in [0.25, 0.3) is 0 Å². The van der Waals surface area contributed by atoms with Crippen molar-refractivity contribution in [3.05, 3.63) is 0 Å². The van der Waals surface area contributed by atoms with Crippen molar-refractivity contribution in [2.45, 2.75) is 27.2 Å². The number of likely N-dealkylation sites (N-methyl/N-ethyl adjacent to an activating group) is 1. The fourth-order valence-corrected chi connectivity index (χ4v) is 3.22. The predicted molar refractivity (Wildman–Crippen MR) is 115 cm³/mol. The SMILES string of the molecule is CN(CCOCCOCCOCCOCCCS(C)(C)C)C(=O)C(C)(C)C. The lowest BCUT2D eigenvalue weighted by Crippen LogP contribution is -2.38. The first kappa shape index (κ1) is 26.7. The zero-order chi connectivity index (χ0) is 20.8. The Hall–Kier alpha value is -0.340. The van der Waals surface area contributed by atoms with E-state index < -0.39 is 10.0 Å². The van der Waals surface area contributed by atoms with Gasteiger partial charge in [0.25, 0.3) is 0 Å². The van der Waals surface area contributed by atoms with Crippen LogP contribution in [0.2, 0.25) is 0 Å². The number of ether oxygens (including phenoxy) is 4. The highest BCUT2D eigenvalue weighted by Crippen LogP contribution is 2.34. The molecule has 27 heavy (non-hydrogen) atoms. The molecule has 0 spiro atoms. The molecule has 0 saturated heterocycles. The van der Waals surface area contributed by atoms with Gasteiger partial charge in [-0.05, 0) is 30.9 Å². The maximum Gasteiger partial charge on any atom is 0.227 e. The topological polar surface area (TPSA) is 57.2 Å². The van der Waals surface area contributed by atoms with Crippen LogP contribution < -0.4 is 0 Å². The van der Waals surface area contributed by atoms with E-state index in [0.717, 1.165) is 13.0 Å². The number of carbonyl (C=O) groups is 1. The van der Waals surface area contributed by atoms with Crippen LogP contribution in [0.1, 0.15) is 27.2 Å². The normalized spacial score (nSPS) is 13.0. The van der Waals surface area contributed by atoms with Crippen molar-refractivity contribution in [3.8, 4) is 0 Å². The van der Waals surface area contributed by atoms with Crippen LogP contribution in [0.5, 0.6) is 0 Å². The quantitative estimate of drug-likeness (QED) is 0.367. The molecule has 0 aliphatic rings. The zero-order valence-corrected chi connectivity index (χ0v) is 19.5. The van der Waals surface area contributed by atoms with Crippen molar-refractivity contribution in [1.29, 1.82) is 0 Å². The van der Waals surface area contributed by atoms with Gasteiger partial charge in [0.2, 0.25) is 5.91 Å². The van der Waals surface area contributed by atoms with Gasteiger partial charge in [-0.3, -0.25) is 4.79 Å². The van der Waals surface area contributed by atoms with E-state index in [2.05, 4.69) is 18.8 Å². The van der Waals surface area contributed by atoms with Gasteiger partial charge >= 0.3 is 0 Å². The van der Waals surface area contributed by atoms with Crippen LogP contribution in [-0.4, -0.2) is 102 Å².